The molecule has 0 saturated carbocycles. The van der Waals surface area contributed by atoms with Crippen molar-refractivity contribution in [1.29, 1.82) is 0 Å². The summed E-state index contributed by atoms with van der Waals surface area (Å²) in [5.74, 6) is -1.08. The van der Waals surface area contributed by atoms with Crippen molar-refractivity contribution in [3.63, 3.8) is 0 Å². The Morgan fingerprint density at radius 3 is 1.44 bits per heavy atom. The molecular formula is C22H20N2O3. The smallest absolute Gasteiger partial charge is 0.334 e. The summed E-state index contributed by atoms with van der Waals surface area (Å²) < 4.78 is 0. The van der Waals surface area contributed by atoms with Crippen LogP contribution in [0.2, 0.25) is 0 Å². The second-order valence-electron chi connectivity index (χ2n) is 6.01. The average molecular weight is 360 g/mol. The van der Waals surface area contributed by atoms with Crippen molar-refractivity contribution in [1.82, 2.24) is 0 Å². The van der Waals surface area contributed by atoms with Gasteiger partial charge in [0, 0.05) is 5.69 Å². The van der Waals surface area contributed by atoms with Gasteiger partial charge < -0.3 is 5.11 Å². The molecule has 5 nitrogen and oxygen atoms in total. The van der Waals surface area contributed by atoms with Gasteiger partial charge in [0.15, 0.2) is 0 Å². The van der Waals surface area contributed by atoms with Crippen LogP contribution in [-0.4, -0.2) is 23.1 Å². The first-order valence-electron chi connectivity index (χ1n) is 8.61. The van der Waals surface area contributed by atoms with Crippen molar-refractivity contribution in [2.45, 2.75) is 13.0 Å². The van der Waals surface area contributed by atoms with Gasteiger partial charge in [-0.25, -0.2) is 9.59 Å². The molecule has 3 rings (SSSR count). The molecule has 3 aromatic rings. The summed E-state index contributed by atoms with van der Waals surface area (Å²) in [6.45, 7) is 1.50. The number of amides is 2. The van der Waals surface area contributed by atoms with E-state index in [1.807, 2.05) is 66.7 Å². The van der Waals surface area contributed by atoms with Crippen molar-refractivity contribution >= 4 is 29.1 Å². The average Bonchev–Trinajstić information content (AvgIpc) is 2.71. The molecule has 0 aromatic heterocycles. The summed E-state index contributed by atoms with van der Waals surface area (Å²) >= 11 is 0. The van der Waals surface area contributed by atoms with E-state index in [9.17, 15) is 14.7 Å². The lowest BCUT2D eigenvalue weighted by Gasteiger charge is -2.33. The first-order chi connectivity index (χ1) is 13.1. The number of urea groups is 1. The maximum Gasteiger partial charge on any atom is 0.334 e. The van der Waals surface area contributed by atoms with Gasteiger partial charge in [0.2, 0.25) is 0 Å². The van der Waals surface area contributed by atoms with Gasteiger partial charge in [0.25, 0.3) is 0 Å². The molecule has 0 aliphatic rings. The zero-order valence-corrected chi connectivity index (χ0v) is 14.9. The molecule has 3 aromatic carbocycles. The molecule has 0 heterocycles. The zero-order chi connectivity index (χ0) is 19.2. The Morgan fingerprint density at radius 2 is 1.07 bits per heavy atom. The summed E-state index contributed by atoms with van der Waals surface area (Å²) in [6, 6.07) is 25.7. The topological polar surface area (TPSA) is 60.9 Å². The summed E-state index contributed by atoms with van der Waals surface area (Å²) in [6.07, 6.45) is 0. The monoisotopic (exact) mass is 360 g/mol. The van der Waals surface area contributed by atoms with E-state index in [0.717, 1.165) is 0 Å². The maximum absolute atomic E-state index is 13.6. The maximum atomic E-state index is 13.6. The fraction of sp³-hybridized carbons (Fsp3) is 0.0909. The molecule has 0 radical (unpaired) electrons. The van der Waals surface area contributed by atoms with E-state index >= 15 is 0 Å². The summed E-state index contributed by atoms with van der Waals surface area (Å²) in [4.78, 5) is 28.1. The van der Waals surface area contributed by atoms with Crippen LogP contribution in [0.15, 0.2) is 91.0 Å². The summed E-state index contributed by atoms with van der Waals surface area (Å²) in [5.41, 5.74) is 1.84. The molecule has 0 aliphatic carbocycles. The number of carboxylic acid groups (broad SMARTS) is 1. The van der Waals surface area contributed by atoms with Crippen molar-refractivity contribution in [3.05, 3.63) is 91.0 Å². The second-order valence-corrected chi connectivity index (χ2v) is 6.01. The molecular weight excluding hydrogens is 340 g/mol. The van der Waals surface area contributed by atoms with Gasteiger partial charge in [-0.1, -0.05) is 54.6 Å². The van der Waals surface area contributed by atoms with Gasteiger partial charge in [0.05, 0.1) is 11.4 Å². The standard InChI is InChI=1S/C22H20N2O3/c1-17(21(25)26)23(18-11-5-2-6-12-18)22(27)24(19-13-7-3-8-14-19)20-15-9-4-10-16-20/h2-17H,1H3,(H,25,26)/t17-/m0/s1. The highest BCUT2D eigenvalue weighted by atomic mass is 16.4. The van der Waals surface area contributed by atoms with Gasteiger partial charge in [0.1, 0.15) is 6.04 Å². The van der Waals surface area contributed by atoms with E-state index in [4.69, 9.17) is 0 Å². The Hall–Kier alpha value is -3.60. The zero-order valence-electron chi connectivity index (χ0n) is 14.9. The van der Waals surface area contributed by atoms with Crippen LogP contribution >= 0.6 is 0 Å². The first kappa shape index (κ1) is 18.2. The molecule has 27 heavy (non-hydrogen) atoms. The predicted molar refractivity (Wildman–Crippen MR) is 106 cm³/mol. The molecule has 5 heteroatoms. The molecule has 2 amide bonds. The third-order valence-electron chi connectivity index (χ3n) is 4.21. The van der Waals surface area contributed by atoms with Gasteiger partial charge in [-0.15, -0.1) is 0 Å². The number of anilines is 3. The number of carbonyl (C=O) groups is 2. The Morgan fingerprint density at radius 1 is 0.704 bits per heavy atom. The number of benzene rings is 3. The quantitative estimate of drug-likeness (QED) is 0.702. The van der Waals surface area contributed by atoms with Crippen LogP contribution in [0, 0.1) is 0 Å². The van der Waals surface area contributed by atoms with Crippen LogP contribution in [0.5, 0.6) is 0 Å². The van der Waals surface area contributed by atoms with Crippen molar-refractivity contribution in [2.24, 2.45) is 0 Å². The van der Waals surface area contributed by atoms with Crippen LogP contribution in [-0.2, 0) is 4.79 Å². The van der Waals surface area contributed by atoms with E-state index in [1.54, 1.807) is 24.3 Å². The third kappa shape index (κ3) is 3.98. The molecule has 136 valence electrons. The first-order valence-corrected chi connectivity index (χ1v) is 8.61. The minimum absolute atomic E-state index is 0.437. The molecule has 1 N–H and O–H groups in total. The van der Waals surface area contributed by atoms with E-state index in [2.05, 4.69) is 0 Å². The molecule has 0 fully saturated rings. The minimum atomic E-state index is -1.08. The number of para-hydroxylation sites is 3. The highest BCUT2D eigenvalue weighted by Crippen LogP contribution is 2.29. The van der Waals surface area contributed by atoms with Crippen LogP contribution < -0.4 is 9.80 Å². The number of aliphatic carboxylic acids is 1. The number of carboxylic acids is 1. The van der Waals surface area contributed by atoms with E-state index < -0.39 is 18.0 Å². The van der Waals surface area contributed by atoms with Crippen LogP contribution in [0.25, 0.3) is 0 Å². The van der Waals surface area contributed by atoms with Crippen LogP contribution in [0.1, 0.15) is 6.92 Å². The van der Waals surface area contributed by atoms with Crippen molar-refractivity contribution in [2.75, 3.05) is 9.80 Å². The molecule has 0 spiro atoms. The van der Waals surface area contributed by atoms with Gasteiger partial charge >= 0.3 is 12.0 Å². The van der Waals surface area contributed by atoms with Crippen molar-refractivity contribution < 1.29 is 14.7 Å². The summed E-state index contributed by atoms with van der Waals surface area (Å²) in [7, 11) is 0. The number of carbonyl (C=O) groups excluding carboxylic acids is 1. The fourth-order valence-electron chi connectivity index (χ4n) is 2.83. The number of hydrogen-bond donors (Lipinski definition) is 1. The minimum Gasteiger partial charge on any atom is -0.480 e. The normalized spacial score (nSPS) is 11.4. The molecule has 0 bridgehead atoms. The largest absolute Gasteiger partial charge is 0.480 e. The highest BCUT2D eigenvalue weighted by molar-refractivity contribution is 6.10. The highest BCUT2D eigenvalue weighted by Gasteiger charge is 2.32. The molecule has 1 atom stereocenters. The lowest BCUT2D eigenvalue weighted by Crippen LogP contribution is -2.49. The van der Waals surface area contributed by atoms with Crippen LogP contribution in [0.4, 0.5) is 21.9 Å². The Bertz CT molecular complexity index is 859. The number of rotatable bonds is 5. The SMILES string of the molecule is C[C@@H](C(=O)O)N(C(=O)N(c1ccccc1)c1ccccc1)c1ccccc1. The van der Waals surface area contributed by atoms with Gasteiger partial charge in [-0.3, -0.25) is 9.80 Å². The molecule has 0 saturated heterocycles. The number of nitrogens with zero attached hydrogens (tertiary/aromatic N) is 2. The number of hydrogen-bond acceptors (Lipinski definition) is 2. The predicted octanol–water partition coefficient (Wildman–Crippen LogP) is 4.92. The Balaban J connectivity index is 2.11. The third-order valence-corrected chi connectivity index (χ3v) is 4.21. The van der Waals surface area contributed by atoms with Crippen LogP contribution in [0.3, 0.4) is 0 Å². The Kier molecular flexibility index (Phi) is 5.52. The van der Waals surface area contributed by atoms with Gasteiger partial charge in [-0.2, -0.15) is 0 Å². The second kappa shape index (κ2) is 8.19. The molecule has 0 unspecified atom stereocenters. The van der Waals surface area contributed by atoms with Crippen molar-refractivity contribution in [3.8, 4) is 0 Å². The summed E-state index contributed by atoms with van der Waals surface area (Å²) in [5, 5.41) is 9.57. The van der Waals surface area contributed by atoms with E-state index in [-0.39, 0.29) is 0 Å². The molecule has 0 aliphatic heterocycles. The lowest BCUT2D eigenvalue weighted by molar-refractivity contribution is -0.138. The van der Waals surface area contributed by atoms with E-state index in [0.29, 0.717) is 17.1 Å². The fourth-order valence-corrected chi connectivity index (χ4v) is 2.83. The Labute approximate surface area is 158 Å². The van der Waals surface area contributed by atoms with E-state index in [1.165, 1.54) is 16.7 Å². The lowest BCUT2D eigenvalue weighted by atomic mass is 10.2. The van der Waals surface area contributed by atoms with Gasteiger partial charge in [-0.05, 0) is 43.3 Å².